The van der Waals surface area contributed by atoms with Crippen molar-refractivity contribution in [3.63, 3.8) is 0 Å². The lowest BCUT2D eigenvalue weighted by molar-refractivity contribution is -0.137. The third kappa shape index (κ3) is 3.05. The van der Waals surface area contributed by atoms with Gasteiger partial charge in [0, 0.05) is 12.4 Å². The second kappa shape index (κ2) is 4.93. The van der Waals surface area contributed by atoms with Crippen LogP contribution in [0.5, 0.6) is 0 Å². The van der Waals surface area contributed by atoms with Gasteiger partial charge in [0.2, 0.25) is 0 Å². The number of hydrogen-bond donors (Lipinski definition) is 1. The lowest BCUT2D eigenvalue weighted by atomic mass is 10.2. The van der Waals surface area contributed by atoms with E-state index in [1.54, 1.807) is 0 Å². The maximum absolute atomic E-state index is 12.4. The molecule has 8 heteroatoms. The Kier molecular flexibility index (Phi) is 3.48. The summed E-state index contributed by atoms with van der Waals surface area (Å²) in [7, 11) is 0. The monoisotopic (exact) mass is 289 g/mol. The van der Waals surface area contributed by atoms with Crippen LogP contribution in [0.1, 0.15) is 5.56 Å². The average molecular weight is 290 g/mol. The van der Waals surface area contributed by atoms with E-state index in [0.29, 0.717) is 0 Å². The molecule has 0 spiro atoms. The number of hydrogen-bond acceptors (Lipinski definition) is 2. The van der Waals surface area contributed by atoms with Gasteiger partial charge in [0.15, 0.2) is 0 Å². The summed E-state index contributed by atoms with van der Waals surface area (Å²) in [5.74, 6) is 0. The van der Waals surface area contributed by atoms with E-state index in [1.165, 1.54) is 18.5 Å². The van der Waals surface area contributed by atoms with Crippen LogP contribution in [0.2, 0.25) is 5.02 Å². The van der Waals surface area contributed by atoms with E-state index in [2.05, 4.69) is 10.4 Å². The van der Waals surface area contributed by atoms with Crippen molar-refractivity contribution >= 4 is 23.3 Å². The zero-order valence-corrected chi connectivity index (χ0v) is 10.0. The van der Waals surface area contributed by atoms with Gasteiger partial charge in [-0.15, -0.1) is 0 Å². The van der Waals surface area contributed by atoms with E-state index < -0.39 is 17.8 Å². The third-order valence-electron chi connectivity index (χ3n) is 2.25. The fourth-order valence-electron chi connectivity index (χ4n) is 1.35. The summed E-state index contributed by atoms with van der Waals surface area (Å²) >= 11 is 5.70. The Labute approximate surface area is 110 Å². The zero-order chi connectivity index (χ0) is 14.0. The highest BCUT2D eigenvalue weighted by atomic mass is 35.5. The summed E-state index contributed by atoms with van der Waals surface area (Å²) in [4.78, 5) is 11.6. The largest absolute Gasteiger partial charge is 0.416 e. The summed E-state index contributed by atoms with van der Waals surface area (Å²) in [6.07, 6.45) is -1.69. The van der Waals surface area contributed by atoms with Crippen molar-refractivity contribution in [3.05, 3.63) is 47.2 Å². The number of aromatic nitrogens is 2. The van der Waals surface area contributed by atoms with Crippen molar-refractivity contribution in [2.75, 3.05) is 5.32 Å². The first-order chi connectivity index (χ1) is 8.88. The lowest BCUT2D eigenvalue weighted by Gasteiger charge is -2.10. The number of nitrogens with zero attached hydrogens (tertiary/aromatic N) is 2. The SMILES string of the molecule is O=C(Nc1ccc(C(F)(F)F)cc1Cl)n1cccn1. The van der Waals surface area contributed by atoms with Crippen molar-refractivity contribution < 1.29 is 18.0 Å². The Hall–Kier alpha value is -2.02. The molecule has 0 aliphatic heterocycles. The summed E-state index contributed by atoms with van der Waals surface area (Å²) < 4.78 is 38.3. The number of carbonyl (C=O) groups is 1. The van der Waals surface area contributed by atoms with E-state index in [-0.39, 0.29) is 10.7 Å². The average Bonchev–Trinajstić information content (AvgIpc) is 2.84. The summed E-state index contributed by atoms with van der Waals surface area (Å²) in [6.45, 7) is 0. The van der Waals surface area contributed by atoms with Crippen LogP contribution in [0.4, 0.5) is 23.7 Å². The van der Waals surface area contributed by atoms with Crippen molar-refractivity contribution in [2.45, 2.75) is 6.18 Å². The van der Waals surface area contributed by atoms with E-state index in [9.17, 15) is 18.0 Å². The molecule has 2 aromatic rings. The molecular weight excluding hydrogens is 283 g/mol. The van der Waals surface area contributed by atoms with Crippen molar-refractivity contribution in [2.24, 2.45) is 0 Å². The van der Waals surface area contributed by atoms with Crippen LogP contribution in [0.3, 0.4) is 0 Å². The smallest absolute Gasteiger partial charge is 0.305 e. The maximum Gasteiger partial charge on any atom is 0.416 e. The molecule has 0 radical (unpaired) electrons. The minimum absolute atomic E-state index is 0.0789. The molecule has 0 aliphatic carbocycles. The Morgan fingerprint density at radius 3 is 2.63 bits per heavy atom. The number of alkyl halides is 3. The molecule has 1 N–H and O–H groups in total. The minimum Gasteiger partial charge on any atom is -0.305 e. The van der Waals surface area contributed by atoms with Crippen LogP contribution in [0, 0.1) is 0 Å². The van der Waals surface area contributed by atoms with Gasteiger partial charge in [-0.25, -0.2) is 4.79 Å². The Morgan fingerprint density at radius 1 is 1.37 bits per heavy atom. The molecule has 1 aromatic carbocycles. The van der Waals surface area contributed by atoms with Gasteiger partial charge >= 0.3 is 12.2 Å². The van der Waals surface area contributed by atoms with E-state index >= 15 is 0 Å². The standard InChI is InChI=1S/C11H7ClF3N3O/c12-8-6-7(11(13,14)15)2-3-9(8)17-10(19)18-5-1-4-16-18/h1-6H,(H,17,19). The number of carbonyl (C=O) groups excluding carboxylic acids is 1. The minimum atomic E-state index is -4.48. The number of rotatable bonds is 1. The molecule has 0 saturated carbocycles. The Morgan fingerprint density at radius 2 is 2.11 bits per heavy atom. The molecule has 1 amide bonds. The van der Waals surface area contributed by atoms with Gasteiger partial charge in [0.25, 0.3) is 0 Å². The van der Waals surface area contributed by atoms with E-state index in [4.69, 9.17) is 11.6 Å². The first-order valence-corrected chi connectivity index (χ1v) is 5.43. The molecule has 1 heterocycles. The van der Waals surface area contributed by atoms with Gasteiger partial charge in [-0.3, -0.25) is 0 Å². The number of amides is 1. The van der Waals surface area contributed by atoms with Crippen molar-refractivity contribution in [3.8, 4) is 0 Å². The van der Waals surface area contributed by atoms with Crippen molar-refractivity contribution in [1.29, 1.82) is 0 Å². The van der Waals surface area contributed by atoms with E-state index in [1.807, 2.05) is 0 Å². The van der Waals surface area contributed by atoms with Gasteiger partial charge in [-0.1, -0.05) is 11.6 Å². The first-order valence-electron chi connectivity index (χ1n) is 5.05. The molecule has 2 rings (SSSR count). The number of halogens is 4. The Bertz CT molecular complexity index is 596. The fourth-order valence-corrected chi connectivity index (χ4v) is 1.58. The quantitative estimate of drug-likeness (QED) is 0.871. The van der Waals surface area contributed by atoms with Gasteiger partial charge < -0.3 is 5.32 Å². The summed E-state index contributed by atoms with van der Waals surface area (Å²) in [5.41, 5.74) is -0.801. The van der Waals surface area contributed by atoms with Gasteiger partial charge in [-0.05, 0) is 24.3 Å². The second-order valence-corrected chi connectivity index (χ2v) is 3.98. The van der Waals surface area contributed by atoms with Crippen LogP contribution in [-0.4, -0.2) is 15.8 Å². The molecule has 0 unspecified atom stereocenters. The summed E-state index contributed by atoms with van der Waals surface area (Å²) in [6, 6.07) is 3.59. The molecule has 1 aromatic heterocycles. The highest BCUT2D eigenvalue weighted by molar-refractivity contribution is 6.33. The third-order valence-corrected chi connectivity index (χ3v) is 2.56. The number of benzene rings is 1. The fraction of sp³-hybridized carbons (Fsp3) is 0.0909. The van der Waals surface area contributed by atoms with Crippen molar-refractivity contribution in [1.82, 2.24) is 9.78 Å². The van der Waals surface area contributed by atoms with Gasteiger partial charge in [0.05, 0.1) is 16.3 Å². The molecule has 0 atom stereocenters. The van der Waals surface area contributed by atoms with E-state index in [0.717, 1.165) is 22.9 Å². The molecular formula is C11H7ClF3N3O. The molecule has 4 nitrogen and oxygen atoms in total. The lowest BCUT2D eigenvalue weighted by Crippen LogP contribution is -2.20. The maximum atomic E-state index is 12.4. The topological polar surface area (TPSA) is 46.9 Å². The van der Waals surface area contributed by atoms with Crippen LogP contribution >= 0.6 is 11.6 Å². The Balaban J connectivity index is 2.21. The van der Waals surface area contributed by atoms with Crippen LogP contribution < -0.4 is 5.32 Å². The van der Waals surface area contributed by atoms with Crippen LogP contribution in [0.25, 0.3) is 0 Å². The molecule has 19 heavy (non-hydrogen) atoms. The van der Waals surface area contributed by atoms with Gasteiger partial charge in [0.1, 0.15) is 0 Å². The molecule has 100 valence electrons. The second-order valence-electron chi connectivity index (χ2n) is 3.57. The molecule has 0 bridgehead atoms. The van der Waals surface area contributed by atoms with Crippen LogP contribution in [0.15, 0.2) is 36.7 Å². The number of anilines is 1. The van der Waals surface area contributed by atoms with Crippen LogP contribution in [-0.2, 0) is 6.18 Å². The summed E-state index contributed by atoms with van der Waals surface area (Å²) in [5, 5.41) is 5.84. The first kappa shape index (κ1) is 13.4. The predicted octanol–water partition coefficient (Wildman–Crippen LogP) is 3.64. The normalized spacial score (nSPS) is 11.4. The number of nitrogens with one attached hydrogen (secondary N) is 1. The molecule has 0 fully saturated rings. The molecule has 0 saturated heterocycles. The highest BCUT2D eigenvalue weighted by Crippen LogP contribution is 2.33. The molecule has 0 aliphatic rings. The highest BCUT2D eigenvalue weighted by Gasteiger charge is 2.31. The van der Waals surface area contributed by atoms with Gasteiger partial charge in [-0.2, -0.15) is 23.0 Å². The predicted molar refractivity (Wildman–Crippen MR) is 63.1 cm³/mol. The zero-order valence-electron chi connectivity index (χ0n) is 9.28.